The number of Topliss-reactive ketones (excluding diaryl/α,β-unsaturated/α-hetero) is 1. The number of allylic oxidation sites excluding steroid dienone is 2. The summed E-state index contributed by atoms with van der Waals surface area (Å²) in [5.41, 5.74) is 2.74. The van der Waals surface area contributed by atoms with Gasteiger partial charge in [-0.05, 0) is 36.7 Å². The predicted octanol–water partition coefficient (Wildman–Crippen LogP) is 4.27. The highest BCUT2D eigenvalue weighted by molar-refractivity contribution is 5.99. The van der Waals surface area contributed by atoms with E-state index in [9.17, 15) is 4.79 Å². The summed E-state index contributed by atoms with van der Waals surface area (Å²) in [4.78, 5) is 12.0. The minimum Gasteiger partial charge on any atom is -0.295 e. The van der Waals surface area contributed by atoms with Crippen molar-refractivity contribution >= 4 is 5.78 Å². The van der Waals surface area contributed by atoms with E-state index >= 15 is 0 Å². The van der Waals surface area contributed by atoms with E-state index in [0.29, 0.717) is 17.6 Å². The summed E-state index contributed by atoms with van der Waals surface area (Å²) in [5.74, 6) is 1.51. The number of carbonyl (C=O) groups is 1. The van der Waals surface area contributed by atoms with Gasteiger partial charge in [0, 0.05) is 6.42 Å². The molecule has 16 heavy (non-hydrogen) atoms. The zero-order chi connectivity index (χ0) is 11.5. The number of hydrogen-bond donors (Lipinski definition) is 0. The number of fused-ring (bicyclic) bond motifs is 1. The SMILES string of the molecule is CC(C)C1=C2CCCCCCCC2CC1=O. The van der Waals surface area contributed by atoms with Crippen LogP contribution in [0.4, 0.5) is 0 Å². The second-order valence-electron chi connectivity index (χ2n) is 5.72. The van der Waals surface area contributed by atoms with Crippen molar-refractivity contribution in [3.05, 3.63) is 11.1 Å². The molecule has 0 N–H and O–H groups in total. The molecule has 0 aromatic carbocycles. The molecule has 1 nitrogen and oxygen atoms in total. The summed E-state index contributed by atoms with van der Waals surface area (Å²) < 4.78 is 0. The summed E-state index contributed by atoms with van der Waals surface area (Å²) in [6.45, 7) is 4.35. The fraction of sp³-hybridized carbons (Fsp3) is 0.800. The van der Waals surface area contributed by atoms with Crippen LogP contribution >= 0.6 is 0 Å². The van der Waals surface area contributed by atoms with Crippen molar-refractivity contribution in [2.75, 3.05) is 0 Å². The number of ketones is 1. The predicted molar refractivity (Wildman–Crippen MR) is 67.3 cm³/mol. The van der Waals surface area contributed by atoms with Crippen molar-refractivity contribution in [2.24, 2.45) is 11.8 Å². The fourth-order valence-corrected chi connectivity index (χ4v) is 3.40. The third-order valence-electron chi connectivity index (χ3n) is 4.15. The molecule has 0 bridgehead atoms. The average molecular weight is 220 g/mol. The van der Waals surface area contributed by atoms with Crippen LogP contribution in [0.2, 0.25) is 0 Å². The molecule has 0 amide bonds. The average Bonchev–Trinajstić information content (AvgIpc) is 2.56. The minimum absolute atomic E-state index is 0.438. The van der Waals surface area contributed by atoms with Gasteiger partial charge in [0.2, 0.25) is 0 Å². The van der Waals surface area contributed by atoms with E-state index in [1.165, 1.54) is 50.5 Å². The molecule has 90 valence electrons. The van der Waals surface area contributed by atoms with Crippen LogP contribution in [0.1, 0.15) is 65.2 Å². The number of carbonyl (C=O) groups excluding carboxylic acids is 1. The molecule has 1 fully saturated rings. The maximum Gasteiger partial charge on any atom is 0.159 e. The lowest BCUT2D eigenvalue weighted by Gasteiger charge is -2.14. The number of rotatable bonds is 1. The molecule has 0 aliphatic heterocycles. The molecular formula is C15H24O. The zero-order valence-corrected chi connectivity index (χ0v) is 10.7. The van der Waals surface area contributed by atoms with Gasteiger partial charge < -0.3 is 0 Å². The van der Waals surface area contributed by atoms with E-state index in [1.807, 2.05) is 0 Å². The van der Waals surface area contributed by atoms with Crippen molar-refractivity contribution in [1.29, 1.82) is 0 Å². The summed E-state index contributed by atoms with van der Waals surface area (Å²) in [7, 11) is 0. The first-order valence-electron chi connectivity index (χ1n) is 6.96. The normalized spacial score (nSPS) is 27.7. The van der Waals surface area contributed by atoms with Gasteiger partial charge in [0.05, 0.1) is 0 Å². The largest absolute Gasteiger partial charge is 0.295 e. The zero-order valence-electron chi connectivity index (χ0n) is 10.7. The molecule has 2 rings (SSSR count). The molecule has 0 spiro atoms. The summed E-state index contributed by atoms with van der Waals surface area (Å²) in [5, 5.41) is 0. The van der Waals surface area contributed by atoms with Crippen LogP contribution < -0.4 is 0 Å². The molecule has 0 saturated heterocycles. The number of hydrogen-bond acceptors (Lipinski definition) is 1. The van der Waals surface area contributed by atoms with Gasteiger partial charge in [-0.25, -0.2) is 0 Å². The lowest BCUT2D eigenvalue weighted by Crippen LogP contribution is -2.03. The van der Waals surface area contributed by atoms with E-state index < -0.39 is 0 Å². The highest BCUT2D eigenvalue weighted by atomic mass is 16.1. The van der Waals surface area contributed by atoms with E-state index in [0.717, 1.165) is 6.42 Å². The quantitative estimate of drug-likeness (QED) is 0.645. The monoisotopic (exact) mass is 220 g/mol. The lowest BCUT2D eigenvalue weighted by atomic mass is 9.90. The van der Waals surface area contributed by atoms with Crippen molar-refractivity contribution in [3.8, 4) is 0 Å². The van der Waals surface area contributed by atoms with E-state index in [4.69, 9.17) is 0 Å². The molecule has 2 aliphatic rings. The Hall–Kier alpha value is -0.590. The summed E-state index contributed by atoms with van der Waals surface area (Å²) in [6.07, 6.45) is 10.0. The first-order valence-corrected chi connectivity index (χ1v) is 6.96. The van der Waals surface area contributed by atoms with E-state index in [1.54, 1.807) is 5.57 Å². The summed E-state index contributed by atoms with van der Waals surface area (Å²) in [6, 6.07) is 0. The third-order valence-corrected chi connectivity index (χ3v) is 4.15. The van der Waals surface area contributed by atoms with E-state index in [-0.39, 0.29) is 0 Å². The molecule has 1 atom stereocenters. The Kier molecular flexibility index (Phi) is 3.83. The van der Waals surface area contributed by atoms with Crippen LogP contribution in [0.5, 0.6) is 0 Å². The van der Waals surface area contributed by atoms with Gasteiger partial charge >= 0.3 is 0 Å². The van der Waals surface area contributed by atoms with Crippen molar-refractivity contribution < 1.29 is 4.79 Å². The molecular weight excluding hydrogens is 196 g/mol. The summed E-state index contributed by atoms with van der Waals surface area (Å²) >= 11 is 0. The van der Waals surface area contributed by atoms with Crippen molar-refractivity contribution in [2.45, 2.75) is 65.2 Å². The van der Waals surface area contributed by atoms with Gasteiger partial charge in [-0.1, -0.05) is 45.1 Å². The van der Waals surface area contributed by atoms with Crippen LogP contribution in [-0.2, 0) is 4.79 Å². The van der Waals surface area contributed by atoms with Gasteiger partial charge in [-0.2, -0.15) is 0 Å². The minimum atomic E-state index is 0.438. The van der Waals surface area contributed by atoms with Gasteiger partial charge in [-0.15, -0.1) is 0 Å². The second kappa shape index (κ2) is 5.16. The Morgan fingerprint density at radius 1 is 1.06 bits per heavy atom. The van der Waals surface area contributed by atoms with Gasteiger partial charge in [0.25, 0.3) is 0 Å². The molecule has 0 radical (unpaired) electrons. The van der Waals surface area contributed by atoms with E-state index in [2.05, 4.69) is 13.8 Å². The van der Waals surface area contributed by atoms with Crippen LogP contribution in [0, 0.1) is 11.8 Å². The molecule has 0 heterocycles. The first-order chi connectivity index (χ1) is 7.70. The maximum absolute atomic E-state index is 12.0. The van der Waals surface area contributed by atoms with Crippen molar-refractivity contribution in [1.82, 2.24) is 0 Å². The first kappa shape index (κ1) is 11.9. The maximum atomic E-state index is 12.0. The van der Waals surface area contributed by atoms with Gasteiger partial charge in [0.1, 0.15) is 0 Å². The Morgan fingerprint density at radius 2 is 1.75 bits per heavy atom. The topological polar surface area (TPSA) is 17.1 Å². The highest BCUT2D eigenvalue weighted by Crippen LogP contribution is 2.40. The highest BCUT2D eigenvalue weighted by Gasteiger charge is 2.32. The fourth-order valence-electron chi connectivity index (χ4n) is 3.40. The van der Waals surface area contributed by atoms with Crippen molar-refractivity contribution in [3.63, 3.8) is 0 Å². The Bertz CT molecular complexity index is 299. The van der Waals surface area contributed by atoms with Crippen LogP contribution in [-0.4, -0.2) is 5.78 Å². The molecule has 0 aromatic heterocycles. The van der Waals surface area contributed by atoms with Crippen LogP contribution in [0.25, 0.3) is 0 Å². The van der Waals surface area contributed by atoms with Crippen LogP contribution in [0.15, 0.2) is 11.1 Å². The smallest absolute Gasteiger partial charge is 0.159 e. The van der Waals surface area contributed by atoms with Gasteiger partial charge in [-0.3, -0.25) is 4.79 Å². The lowest BCUT2D eigenvalue weighted by molar-refractivity contribution is -0.115. The third kappa shape index (κ3) is 2.39. The molecule has 0 aromatic rings. The molecule has 1 saturated carbocycles. The van der Waals surface area contributed by atoms with Gasteiger partial charge in [0.15, 0.2) is 5.78 Å². The molecule has 1 heteroatoms. The molecule has 2 aliphatic carbocycles. The Morgan fingerprint density at radius 3 is 2.50 bits per heavy atom. The second-order valence-corrected chi connectivity index (χ2v) is 5.72. The molecule has 1 unspecified atom stereocenters. The van der Waals surface area contributed by atoms with Crippen LogP contribution in [0.3, 0.4) is 0 Å². The Labute approximate surface area is 99.3 Å². The standard InChI is InChI=1S/C15H24O/c1-11(2)15-13-9-7-5-3-4-6-8-12(13)10-14(15)16/h11-12H,3-10H2,1-2H3. The Balaban J connectivity index is 2.22.